The van der Waals surface area contributed by atoms with Crippen molar-refractivity contribution in [2.24, 2.45) is 0 Å². The fraction of sp³-hybridized carbons (Fsp3) is 0.474. The normalized spacial score (nSPS) is 14.4. The Morgan fingerprint density at radius 2 is 2.12 bits per heavy atom. The topological polar surface area (TPSA) is 56.6 Å². The second-order valence-electron chi connectivity index (χ2n) is 6.79. The second-order valence-corrected chi connectivity index (χ2v) is 6.79. The van der Waals surface area contributed by atoms with Crippen LogP contribution in [0.3, 0.4) is 0 Å². The maximum atomic E-state index is 13.2. The molecule has 1 atom stereocenters. The highest BCUT2D eigenvalue weighted by Crippen LogP contribution is 2.37. The first-order valence-corrected chi connectivity index (χ1v) is 9.03. The fourth-order valence-corrected chi connectivity index (χ4v) is 3.72. The average Bonchev–Trinajstić information content (AvgIpc) is 3.05. The van der Waals surface area contributed by atoms with Crippen molar-refractivity contribution < 1.29 is 9.47 Å². The minimum absolute atomic E-state index is 0.00647. The summed E-state index contributed by atoms with van der Waals surface area (Å²) in [7, 11) is 5.27. The SMILES string of the molecule is Bc1cn([C@@H](CC)COC)c(=O)c(N2CCc3cc(OC)cc(C)c32)n1. The molecule has 0 amide bonds. The van der Waals surface area contributed by atoms with E-state index in [-0.39, 0.29) is 11.6 Å². The van der Waals surface area contributed by atoms with Gasteiger partial charge in [0, 0.05) is 31.1 Å². The number of hydrogen-bond acceptors (Lipinski definition) is 5. The molecule has 1 aromatic carbocycles. The van der Waals surface area contributed by atoms with Crippen LogP contribution in [0.25, 0.3) is 0 Å². The number of aromatic nitrogens is 2. The van der Waals surface area contributed by atoms with Crippen LogP contribution in [0.4, 0.5) is 11.5 Å². The highest BCUT2D eigenvalue weighted by atomic mass is 16.5. The molecule has 138 valence electrons. The molecule has 6 nitrogen and oxygen atoms in total. The van der Waals surface area contributed by atoms with Crippen LogP contribution in [-0.4, -0.2) is 44.8 Å². The van der Waals surface area contributed by atoms with Gasteiger partial charge in [0.1, 0.15) is 5.75 Å². The third kappa shape index (κ3) is 3.23. The maximum Gasteiger partial charge on any atom is 0.294 e. The van der Waals surface area contributed by atoms with Gasteiger partial charge in [0.2, 0.25) is 0 Å². The first-order chi connectivity index (χ1) is 12.5. The molecule has 0 bridgehead atoms. The van der Waals surface area contributed by atoms with E-state index in [0.29, 0.717) is 12.4 Å². The van der Waals surface area contributed by atoms with Gasteiger partial charge >= 0.3 is 0 Å². The van der Waals surface area contributed by atoms with Gasteiger partial charge in [-0.3, -0.25) is 4.79 Å². The average molecular weight is 355 g/mol. The molecule has 0 fully saturated rings. The smallest absolute Gasteiger partial charge is 0.294 e. The Kier molecular flexibility index (Phi) is 5.37. The maximum absolute atomic E-state index is 13.2. The summed E-state index contributed by atoms with van der Waals surface area (Å²) in [6.07, 6.45) is 3.53. The monoisotopic (exact) mass is 355 g/mol. The Morgan fingerprint density at radius 1 is 1.35 bits per heavy atom. The summed E-state index contributed by atoms with van der Waals surface area (Å²) in [5, 5.41) is 0. The number of hydrogen-bond donors (Lipinski definition) is 0. The molecule has 26 heavy (non-hydrogen) atoms. The number of methoxy groups -OCH3 is 2. The summed E-state index contributed by atoms with van der Waals surface area (Å²) in [5.41, 5.74) is 4.12. The zero-order valence-electron chi connectivity index (χ0n) is 16.2. The van der Waals surface area contributed by atoms with Gasteiger partial charge in [0.25, 0.3) is 5.56 Å². The van der Waals surface area contributed by atoms with E-state index >= 15 is 0 Å². The highest BCUT2D eigenvalue weighted by molar-refractivity contribution is 6.30. The summed E-state index contributed by atoms with van der Waals surface area (Å²) in [6, 6.07) is 4.06. The van der Waals surface area contributed by atoms with Gasteiger partial charge in [0.05, 0.1) is 19.8 Å². The molecule has 0 radical (unpaired) electrons. The zero-order chi connectivity index (χ0) is 18.8. The second kappa shape index (κ2) is 7.54. The summed E-state index contributed by atoms with van der Waals surface area (Å²) in [4.78, 5) is 19.9. The highest BCUT2D eigenvalue weighted by Gasteiger charge is 2.27. The van der Waals surface area contributed by atoms with E-state index in [0.717, 1.165) is 42.0 Å². The van der Waals surface area contributed by atoms with E-state index in [1.165, 1.54) is 5.56 Å². The molecule has 1 aliphatic rings. The van der Waals surface area contributed by atoms with Crippen molar-refractivity contribution >= 4 is 24.9 Å². The Morgan fingerprint density at radius 3 is 2.77 bits per heavy atom. The summed E-state index contributed by atoms with van der Waals surface area (Å²) in [5.74, 6) is 1.34. The van der Waals surface area contributed by atoms with Gasteiger partial charge in [-0.1, -0.05) is 6.92 Å². The third-order valence-electron chi connectivity index (χ3n) is 4.98. The molecule has 1 aromatic heterocycles. The van der Waals surface area contributed by atoms with Crippen molar-refractivity contribution in [1.29, 1.82) is 0 Å². The number of benzene rings is 1. The standard InChI is InChI=1S/C19H26BN3O3/c1-5-14(11-25-3)23-10-16(20)21-18(19(23)24)22-7-6-13-9-15(26-4)8-12(2)17(13)22/h8-10,14H,5-7,11,20H2,1-4H3/t14-/m0/s1. The van der Waals surface area contributed by atoms with Gasteiger partial charge in [-0.2, -0.15) is 0 Å². The predicted molar refractivity (Wildman–Crippen MR) is 106 cm³/mol. The van der Waals surface area contributed by atoms with E-state index in [2.05, 4.69) is 22.9 Å². The van der Waals surface area contributed by atoms with Gasteiger partial charge in [0.15, 0.2) is 13.7 Å². The minimum atomic E-state index is -0.0671. The molecule has 0 saturated carbocycles. The van der Waals surface area contributed by atoms with Gasteiger partial charge < -0.3 is 18.9 Å². The van der Waals surface area contributed by atoms with Gasteiger partial charge in [-0.15, -0.1) is 0 Å². The third-order valence-corrected chi connectivity index (χ3v) is 4.98. The first kappa shape index (κ1) is 18.5. The summed E-state index contributed by atoms with van der Waals surface area (Å²) in [6.45, 7) is 5.36. The van der Waals surface area contributed by atoms with Gasteiger partial charge in [-0.25, -0.2) is 4.98 Å². The quantitative estimate of drug-likeness (QED) is 0.727. The first-order valence-electron chi connectivity index (χ1n) is 9.03. The number of ether oxygens (including phenoxy) is 2. The predicted octanol–water partition coefficient (Wildman–Crippen LogP) is 1.11. The van der Waals surface area contributed by atoms with Crippen molar-refractivity contribution in [1.82, 2.24) is 9.55 Å². The number of nitrogens with zero attached hydrogens (tertiary/aromatic N) is 3. The van der Waals surface area contributed by atoms with Crippen LogP contribution in [0, 0.1) is 6.92 Å². The molecule has 3 rings (SSSR count). The van der Waals surface area contributed by atoms with Crippen molar-refractivity contribution in [3.05, 3.63) is 39.8 Å². The summed E-state index contributed by atoms with van der Waals surface area (Å²) >= 11 is 0. The molecule has 1 aliphatic heterocycles. The van der Waals surface area contributed by atoms with E-state index in [4.69, 9.17) is 9.47 Å². The summed E-state index contributed by atoms with van der Waals surface area (Å²) < 4.78 is 12.5. The van der Waals surface area contributed by atoms with Crippen molar-refractivity contribution in [3.63, 3.8) is 0 Å². The van der Waals surface area contributed by atoms with E-state index in [1.807, 2.05) is 27.0 Å². The molecule has 0 spiro atoms. The lowest BCUT2D eigenvalue weighted by atomic mass is 10.1. The Labute approximate surface area is 155 Å². The Balaban J connectivity index is 2.10. The lowest BCUT2D eigenvalue weighted by molar-refractivity contribution is 0.151. The lowest BCUT2D eigenvalue weighted by Crippen LogP contribution is -2.37. The van der Waals surface area contributed by atoms with E-state index in [1.54, 1.807) is 18.8 Å². The molecular formula is C19H26BN3O3. The Bertz CT molecular complexity index is 866. The number of rotatable bonds is 6. The molecular weight excluding hydrogens is 329 g/mol. The molecule has 2 aromatic rings. The van der Waals surface area contributed by atoms with Crippen molar-refractivity contribution in [3.8, 4) is 5.75 Å². The van der Waals surface area contributed by atoms with Crippen LogP contribution >= 0.6 is 0 Å². The van der Waals surface area contributed by atoms with Crippen LogP contribution in [-0.2, 0) is 11.2 Å². The Hall–Kier alpha value is -2.28. The fourth-order valence-electron chi connectivity index (χ4n) is 3.72. The van der Waals surface area contributed by atoms with Gasteiger partial charge in [-0.05, 0) is 43.0 Å². The van der Waals surface area contributed by atoms with Crippen LogP contribution in [0.1, 0.15) is 30.5 Å². The molecule has 0 saturated heterocycles. The molecule has 0 N–H and O–H groups in total. The number of aryl methyl sites for hydroxylation is 1. The molecule has 7 heteroatoms. The van der Waals surface area contributed by atoms with Crippen molar-refractivity contribution in [2.75, 3.05) is 32.3 Å². The lowest BCUT2D eigenvalue weighted by Gasteiger charge is -2.24. The number of fused-ring (bicyclic) bond motifs is 1. The number of anilines is 2. The van der Waals surface area contributed by atoms with Crippen LogP contribution in [0.15, 0.2) is 23.1 Å². The zero-order valence-corrected chi connectivity index (χ0v) is 16.2. The minimum Gasteiger partial charge on any atom is -0.497 e. The van der Waals surface area contributed by atoms with E-state index < -0.39 is 0 Å². The molecule has 0 aliphatic carbocycles. The largest absolute Gasteiger partial charge is 0.497 e. The van der Waals surface area contributed by atoms with Crippen LogP contribution in [0.2, 0.25) is 0 Å². The van der Waals surface area contributed by atoms with E-state index in [9.17, 15) is 4.79 Å². The molecule has 2 heterocycles. The van der Waals surface area contributed by atoms with Crippen LogP contribution in [0.5, 0.6) is 5.75 Å². The van der Waals surface area contributed by atoms with Crippen LogP contribution < -0.4 is 20.8 Å². The van der Waals surface area contributed by atoms with Crippen molar-refractivity contribution in [2.45, 2.75) is 32.7 Å². The molecule has 0 unspecified atom stereocenters.